The minimum Gasteiger partial charge on any atom is -0.340 e. The quantitative estimate of drug-likeness (QED) is 0.691. The van der Waals surface area contributed by atoms with Crippen molar-refractivity contribution >= 4 is 28.6 Å². The number of aromatic nitrogens is 2. The number of piperidine rings is 1. The van der Waals surface area contributed by atoms with Crippen molar-refractivity contribution in [1.29, 1.82) is 0 Å². The number of hydrogen-bond donors (Lipinski definition) is 0. The van der Waals surface area contributed by atoms with Gasteiger partial charge in [-0.3, -0.25) is 9.59 Å². The van der Waals surface area contributed by atoms with Crippen molar-refractivity contribution < 1.29 is 4.79 Å². The van der Waals surface area contributed by atoms with E-state index in [9.17, 15) is 9.59 Å². The fourth-order valence-corrected chi connectivity index (χ4v) is 4.66. The number of nitrogens with zero attached hydrogens (tertiary/aromatic N) is 3. The summed E-state index contributed by atoms with van der Waals surface area (Å²) < 4.78 is 1.57. The maximum atomic E-state index is 12.6. The number of likely N-dealkylation sites (tertiary alicyclic amines) is 1. The highest BCUT2D eigenvalue weighted by molar-refractivity contribution is 7.13. The molecule has 4 heterocycles. The molecule has 1 saturated heterocycles. The van der Waals surface area contributed by atoms with Gasteiger partial charge in [0, 0.05) is 19.2 Å². The highest BCUT2D eigenvalue weighted by Gasteiger charge is 2.26. The molecule has 7 heteroatoms. The van der Waals surface area contributed by atoms with Crippen LogP contribution < -0.4 is 5.56 Å². The second-order valence-electron chi connectivity index (χ2n) is 6.42. The standard InChI is InChI=1S/C19H19N3O2S2/c23-18-6-5-16(17-4-2-9-26-17)20-22(18)15-3-1-8-21(12-15)19(24)11-14-7-10-25-13-14/h2,4-7,9-10,13,15H,1,3,8,11-12H2. The van der Waals surface area contributed by atoms with Crippen LogP contribution in [0.15, 0.2) is 51.3 Å². The molecule has 1 amide bonds. The van der Waals surface area contributed by atoms with Gasteiger partial charge in [0.25, 0.3) is 5.56 Å². The van der Waals surface area contributed by atoms with Gasteiger partial charge in [0.2, 0.25) is 5.91 Å². The summed E-state index contributed by atoms with van der Waals surface area (Å²) in [5.74, 6) is 0.121. The third kappa shape index (κ3) is 3.64. The first-order valence-corrected chi connectivity index (χ1v) is 10.5. The molecule has 1 aliphatic heterocycles. The normalized spacial score (nSPS) is 17.4. The summed E-state index contributed by atoms with van der Waals surface area (Å²) in [7, 11) is 0. The average Bonchev–Trinajstić information content (AvgIpc) is 3.36. The zero-order valence-corrected chi connectivity index (χ0v) is 15.8. The number of carbonyl (C=O) groups is 1. The van der Waals surface area contributed by atoms with Crippen LogP contribution in [0, 0.1) is 0 Å². The van der Waals surface area contributed by atoms with Crippen molar-refractivity contribution in [3.63, 3.8) is 0 Å². The Balaban J connectivity index is 1.53. The molecule has 0 bridgehead atoms. The molecule has 134 valence electrons. The van der Waals surface area contributed by atoms with E-state index in [1.807, 2.05) is 39.2 Å². The summed E-state index contributed by atoms with van der Waals surface area (Å²) >= 11 is 3.21. The minimum atomic E-state index is -0.109. The Morgan fingerprint density at radius 3 is 2.92 bits per heavy atom. The second kappa shape index (κ2) is 7.55. The molecule has 5 nitrogen and oxygen atoms in total. The molecule has 0 spiro atoms. The second-order valence-corrected chi connectivity index (χ2v) is 8.15. The maximum absolute atomic E-state index is 12.6. The van der Waals surface area contributed by atoms with Crippen molar-refractivity contribution in [2.24, 2.45) is 0 Å². The summed E-state index contributed by atoms with van der Waals surface area (Å²) in [5.41, 5.74) is 1.75. The SMILES string of the molecule is O=C(Cc1ccsc1)N1CCCC(n2nc(-c3cccs3)ccc2=O)C1. The molecule has 0 aromatic carbocycles. The van der Waals surface area contributed by atoms with Crippen molar-refractivity contribution in [2.45, 2.75) is 25.3 Å². The molecule has 1 fully saturated rings. The Kier molecular flexibility index (Phi) is 4.99. The van der Waals surface area contributed by atoms with E-state index >= 15 is 0 Å². The van der Waals surface area contributed by atoms with E-state index in [0.29, 0.717) is 13.0 Å². The topological polar surface area (TPSA) is 55.2 Å². The minimum absolute atomic E-state index is 0.0670. The molecule has 4 rings (SSSR count). The van der Waals surface area contributed by atoms with Gasteiger partial charge in [-0.05, 0) is 52.7 Å². The zero-order valence-electron chi connectivity index (χ0n) is 14.2. The van der Waals surface area contributed by atoms with Crippen LogP contribution in [0.2, 0.25) is 0 Å². The number of rotatable bonds is 4. The molecule has 0 saturated carbocycles. The predicted octanol–water partition coefficient (Wildman–Crippen LogP) is 3.44. The molecule has 1 atom stereocenters. The molecule has 1 aliphatic rings. The van der Waals surface area contributed by atoms with E-state index in [1.54, 1.807) is 39.5 Å². The molecule has 0 aliphatic carbocycles. The first kappa shape index (κ1) is 17.2. The lowest BCUT2D eigenvalue weighted by Gasteiger charge is -2.33. The molecular formula is C19H19N3O2S2. The lowest BCUT2D eigenvalue weighted by Crippen LogP contribution is -2.44. The number of carbonyl (C=O) groups excluding carboxylic acids is 1. The lowest BCUT2D eigenvalue weighted by atomic mass is 10.0. The van der Waals surface area contributed by atoms with Crippen molar-refractivity contribution in [1.82, 2.24) is 14.7 Å². The molecule has 0 N–H and O–H groups in total. The van der Waals surface area contributed by atoms with Crippen LogP contribution in [0.5, 0.6) is 0 Å². The van der Waals surface area contributed by atoms with Gasteiger partial charge in [-0.25, -0.2) is 4.68 Å². The van der Waals surface area contributed by atoms with Gasteiger partial charge in [0.15, 0.2) is 0 Å². The third-order valence-electron chi connectivity index (χ3n) is 4.63. The first-order valence-electron chi connectivity index (χ1n) is 8.63. The fraction of sp³-hybridized carbons (Fsp3) is 0.316. The van der Waals surface area contributed by atoms with Gasteiger partial charge in [-0.1, -0.05) is 6.07 Å². The lowest BCUT2D eigenvalue weighted by molar-refractivity contribution is -0.132. The molecule has 3 aromatic heterocycles. The van der Waals surface area contributed by atoms with Gasteiger partial charge in [0.1, 0.15) is 5.69 Å². The van der Waals surface area contributed by atoms with Gasteiger partial charge in [-0.2, -0.15) is 16.4 Å². The average molecular weight is 386 g/mol. The highest BCUT2D eigenvalue weighted by Crippen LogP contribution is 2.24. The van der Waals surface area contributed by atoms with E-state index in [1.165, 1.54) is 0 Å². The molecule has 0 radical (unpaired) electrons. The Morgan fingerprint density at radius 1 is 1.23 bits per heavy atom. The van der Waals surface area contributed by atoms with Gasteiger partial charge in [0.05, 0.1) is 17.3 Å². The summed E-state index contributed by atoms with van der Waals surface area (Å²) in [6.45, 7) is 1.29. The fourth-order valence-electron chi connectivity index (χ4n) is 3.30. The van der Waals surface area contributed by atoms with Gasteiger partial charge in [-0.15, -0.1) is 11.3 Å². The summed E-state index contributed by atoms with van der Waals surface area (Å²) in [5, 5.41) is 10.6. The van der Waals surface area contributed by atoms with Crippen LogP contribution in [0.4, 0.5) is 0 Å². The molecular weight excluding hydrogens is 366 g/mol. The van der Waals surface area contributed by atoms with Crippen molar-refractivity contribution in [3.05, 3.63) is 62.4 Å². The van der Waals surface area contributed by atoms with Crippen LogP contribution in [0.25, 0.3) is 10.6 Å². The molecule has 26 heavy (non-hydrogen) atoms. The predicted molar refractivity (Wildman–Crippen MR) is 105 cm³/mol. The van der Waals surface area contributed by atoms with Crippen molar-refractivity contribution in [2.75, 3.05) is 13.1 Å². The van der Waals surface area contributed by atoms with E-state index in [2.05, 4.69) is 5.10 Å². The highest BCUT2D eigenvalue weighted by atomic mass is 32.1. The van der Waals surface area contributed by atoms with E-state index < -0.39 is 0 Å². The van der Waals surface area contributed by atoms with Crippen LogP contribution >= 0.6 is 22.7 Å². The van der Waals surface area contributed by atoms with Crippen LogP contribution in [-0.4, -0.2) is 33.7 Å². The Labute approximate surface area is 159 Å². The zero-order chi connectivity index (χ0) is 17.9. The van der Waals surface area contributed by atoms with Gasteiger partial charge < -0.3 is 4.90 Å². The van der Waals surface area contributed by atoms with E-state index in [-0.39, 0.29) is 17.5 Å². The number of amides is 1. The third-order valence-corrected chi connectivity index (χ3v) is 6.25. The van der Waals surface area contributed by atoms with Crippen LogP contribution in [0.1, 0.15) is 24.4 Å². The van der Waals surface area contributed by atoms with Crippen molar-refractivity contribution in [3.8, 4) is 10.6 Å². The Morgan fingerprint density at radius 2 is 2.15 bits per heavy atom. The van der Waals surface area contributed by atoms with Crippen LogP contribution in [0.3, 0.4) is 0 Å². The summed E-state index contributed by atoms with van der Waals surface area (Å²) in [4.78, 5) is 27.9. The number of thiophene rings is 2. The van der Waals surface area contributed by atoms with E-state index in [4.69, 9.17) is 0 Å². The smallest absolute Gasteiger partial charge is 0.267 e. The monoisotopic (exact) mass is 385 g/mol. The summed E-state index contributed by atoms with van der Waals surface area (Å²) in [6.07, 6.45) is 2.17. The van der Waals surface area contributed by atoms with Gasteiger partial charge >= 0.3 is 0 Å². The Bertz CT molecular complexity index is 932. The summed E-state index contributed by atoms with van der Waals surface area (Å²) in [6, 6.07) is 9.24. The number of hydrogen-bond acceptors (Lipinski definition) is 5. The van der Waals surface area contributed by atoms with E-state index in [0.717, 1.165) is 35.5 Å². The molecule has 3 aromatic rings. The van der Waals surface area contributed by atoms with Crippen LogP contribution in [-0.2, 0) is 11.2 Å². The molecule has 1 unspecified atom stereocenters. The Hall–Kier alpha value is -2.25. The first-order chi connectivity index (χ1) is 12.7. The largest absolute Gasteiger partial charge is 0.340 e. The maximum Gasteiger partial charge on any atom is 0.267 e.